The molecule has 0 radical (unpaired) electrons. The van der Waals surface area contributed by atoms with Crippen LogP contribution >= 0.6 is 11.6 Å². The van der Waals surface area contributed by atoms with Crippen molar-refractivity contribution in [2.24, 2.45) is 14.1 Å². The third-order valence-corrected chi connectivity index (χ3v) is 7.55. The second-order valence-electron chi connectivity index (χ2n) is 10.0. The minimum absolute atomic E-state index is 0.0530. The second-order valence-corrected chi connectivity index (χ2v) is 10.3. The topological polar surface area (TPSA) is 108 Å². The normalized spacial score (nSPS) is 10.4. The van der Waals surface area contributed by atoms with Crippen molar-refractivity contribution < 1.29 is 24.2 Å². The Hall–Kier alpha value is -5.15. The van der Waals surface area contributed by atoms with Crippen molar-refractivity contribution in [2.45, 2.75) is 25.8 Å². The fourth-order valence-electron chi connectivity index (χ4n) is 4.67. The minimum atomic E-state index is 0.0530. The van der Waals surface area contributed by atoms with Gasteiger partial charge in [-0.05, 0) is 60.0 Å². The van der Waals surface area contributed by atoms with Crippen LogP contribution in [0.3, 0.4) is 0 Å². The lowest BCUT2D eigenvalue weighted by atomic mass is 10.1. The maximum atomic E-state index is 11.2. The van der Waals surface area contributed by atoms with Crippen LogP contribution in [0.25, 0.3) is 21.8 Å². The number of aromatic nitrogens is 4. The van der Waals surface area contributed by atoms with Gasteiger partial charge in [0.25, 0.3) is 0 Å². The number of phenolic OH excluding ortho intramolecular Hbond substituents is 1. The molecule has 232 valence electrons. The predicted molar refractivity (Wildman–Crippen MR) is 177 cm³/mol. The molecule has 0 aliphatic heterocycles. The van der Waals surface area contributed by atoms with E-state index in [-0.39, 0.29) is 5.75 Å². The summed E-state index contributed by atoms with van der Waals surface area (Å²) in [5.74, 6) is 1.76. The van der Waals surface area contributed by atoms with Gasteiger partial charge in [-0.25, -0.2) is 0 Å². The van der Waals surface area contributed by atoms with Crippen molar-refractivity contribution in [2.75, 3.05) is 7.11 Å². The number of fused-ring (bicyclic) bond motifs is 2. The summed E-state index contributed by atoms with van der Waals surface area (Å²) in [6.07, 6.45) is 5.98. The molecule has 4 aromatic carbocycles. The summed E-state index contributed by atoms with van der Waals surface area (Å²) in [7, 11) is 5.40. The highest BCUT2D eigenvalue weighted by atomic mass is 35.5. The number of phenols is 1. The Labute approximate surface area is 266 Å². The van der Waals surface area contributed by atoms with Gasteiger partial charge in [0, 0.05) is 36.3 Å². The van der Waals surface area contributed by atoms with E-state index in [1.165, 1.54) is 0 Å². The number of halogens is 1. The third-order valence-electron chi connectivity index (χ3n) is 7.26. The molecule has 0 amide bonds. The number of rotatable bonds is 8. The Morgan fingerprint density at radius 1 is 0.822 bits per heavy atom. The van der Waals surface area contributed by atoms with Crippen molar-refractivity contribution in [3.63, 3.8) is 0 Å². The molecule has 0 aliphatic carbocycles. The molecular formula is C35H35ClN4O5. The molecular weight excluding hydrogens is 592 g/mol. The van der Waals surface area contributed by atoms with Gasteiger partial charge in [-0.3, -0.25) is 19.0 Å². The largest absolute Gasteiger partial charge is 0.507 e. The maximum Gasteiger partial charge on any atom is 0.153 e. The molecule has 45 heavy (non-hydrogen) atoms. The van der Waals surface area contributed by atoms with Gasteiger partial charge in [0.15, 0.2) is 12.6 Å². The highest BCUT2D eigenvalue weighted by molar-refractivity contribution is 6.18. The van der Waals surface area contributed by atoms with Crippen molar-refractivity contribution in [3.8, 4) is 17.2 Å². The summed E-state index contributed by atoms with van der Waals surface area (Å²) in [6, 6.07) is 22.3. The number of benzene rings is 4. The number of hydrogen-bond acceptors (Lipinski definition) is 7. The summed E-state index contributed by atoms with van der Waals surface area (Å²) in [4.78, 5) is 21.5. The Bertz CT molecular complexity index is 1910. The molecule has 0 aliphatic rings. The number of carbonyl (C=O) groups excluding carboxylic acids is 2. The lowest BCUT2D eigenvalue weighted by Crippen LogP contribution is -1.99. The molecule has 2 heterocycles. The smallest absolute Gasteiger partial charge is 0.153 e. The number of methoxy groups -OCH3 is 1. The van der Waals surface area contributed by atoms with E-state index >= 15 is 0 Å². The zero-order chi connectivity index (χ0) is 32.3. The molecule has 0 bridgehead atoms. The molecule has 1 N–H and O–H groups in total. The van der Waals surface area contributed by atoms with Crippen LogP contribution in [-0.2, 0) is 33.0 Å². The van der Waals surface area contributed by atoms with Crippen molar-refractivity contribution in [1.82, 2.24) is 19.6 Å². The van der Waals surface area contributed by atoms with E-state index in [1.807, 2.05) is 85.2 Å². The fraction of sp³-hybridized carbons (Fsp3) is 0.200. The third kappa shape index (κ3) is 7.87. The van der Waals surface area contributed by atoms with Gasteiger partial charge in [0.2, 0.25) is 0 Å². The quantitative estimate of drug-likeness (QED) is 0.142. The number of ether oxygens (including phenoxy) is 2. The van der Waals surface area contributed by atoms with Gasteiger partial charge in [0.1, 0.15) is 23.9 Å². The van der Waals surface area contributed by atoms with Crippen LogP contribution in [0, 0.1) is 0 Å². The van der Waals surface area contributed by atoms with E-state index in [2.05, 4.69) is 10.2 Å². The molecule has 0 unspecified atom stereocenters. The number of aldehydes is 2. The number of alkyl halides is 1. The van der Waals surface area contributed by atoms with Crippen LogP contribution in [-0.4, -0.2) is 44.3 Å². The Morgan fingerprint density at radius 2 is 1.44 bits per heavy atom. The summed E-state index contributed by atoms with van der Waals surface area (Å²) < 4.78 is 14.6. The summed E-state index contributed by atoms with van der Waals surface area (Å²) in [6.45, 7) is 2.37. The van der Waals surface area contributed by atoms with E-state index in [4.69, 9.17) is 26.2 Å². The van der Waals surface area contributed by atoms with E-state index in [1.54, 1.807) is 37.4 Å². The van der Waals surface area contributed by atoms with Gasteiger partial charge in [0.05, 0.1) is 41.7 Å². The van der Waals surface area contributed by atoms with Gasteiger partial charge < -0.3 is 14.6 Å². The zero-order valence-electron chi connectivity index (χ0n) is 25.6. The Kier molecular flexibility index (Phi) is 11.3. The monoisotopic (exact) mass is 626 g/mol. The van der Waals surface area contributed by atoms with Crippen LogP contribution in [0.1, 0.15) is 44.3 Å². The van der Waals surface area contributed by atoms with Gasteiger partial charge in [-0.2, -0.15) is 10.2 Å². The SMILES string of the molecule is CCc1ccc(O)c(C=O)c1.COc1ccc(OCc2cccc3c2cnn3C)c(C=O)c1.Cn1ncc2c(CCl)cccc21. The zero-order valence-corrected chi connectivity index (χ0v) is 26.4. The first-order valence-electron chi connectivity index (χ1n) is 14.2. The molecule has 0 fully saturated rings. The summed E-state index contributed by atoms with van der Waals surface area (Å²) in [5, 5.41) is 19.7. The van der Waals surface area contributed by atoms with Crippen molar-refractivity contribution >= 4 is 46.0 Å². The van der Waals surface area contributed by atoms with Crippen molar-refractivity contribution in [1.29, 1.82) is 0 Å². The minimum Gasteiger partial charge on any atom is -0.507 e. The van der Waals surface area contributed by atoms with E-state index < -0.39 is 0 Å². The molecule has 10 heteroatoms. The average molecular weight is 627 g/mol. The summed E-state index contributed by atoms with van der Waals surface area (Å²) >= 11 is 5.78. The maximum absolute atomic E-state index is 11.2. The Morgan fingerprint density at radius 3 is 2.02 bits per heavy atom. The van der Waals surface area contributed by atoms with Crippen LogP contribution in [0.5, 0.6) is 17.2 Å². The lowest BCUT2D eigenvalue weighted by Gasteiger charge is -2.10. The van der Waals surface area contributed by atoms with Crippen molar-refractivity contribution in [3.05, 3.63) is 113 Å². The van der Waals surface area contributed by atoms with Crippen LogP contribution in [0.4, 0.5) is 0 Å². The van der Waals surface area contributed by atoms with Crippen LogP contribution in [0.15, 0.2) is 85.2 Å². The van der Waals surface area contributed by atoms with Crippen LogP contribution in [0.2, 0.25) is 0 Å². The molecule has 0 atom stereocenters. The predicted octanol–water partition coefficient (Wildman–Crippen LogP) is 7.05. The summed E-state index contributed by atoms with van der Waals surface area (Å²) in [5.41, 5.74) is 6.24. The molecule has 6 aromatic rings. The van der Waals surface area contributed by atoms with E-state index in [0.29, 0.717) is 41.4 Å². The molecule has 0 saturated carbocycles. The van der Waals surface area contributed by atoms with Gasteiger partial charge >= 0.3 is 0 Å². The first kappa shape index (κ1) is 32.8. The average Bonchev–Trinajstić information content (AvgIpc) is 3.66. The molecule has 9 nitrogen and oxygen atoms in total. The highest BCUT2D eigenvalue weighted by Gasteiger charge is 2.09. The van der Waals surface area contributed by atoms with Gasteiger partial charge in [-0.1, -0.05) is 37.3 Å². The number of hydrogen-bond donors (Lipinski definition) is 1. The number of aromatic hydroxyl groups is 1. The Balaban J connectivity index is 0.000000169. The van der Waals surface area contributed by atoms with E-state index in [9.17, 15) is 9.59 Å². The lowest BCUT2D eigenvalue weighted by molar-refractivity contribution is 0.111. The number of nitrogens with zero attached hydrogens (tertiary/aromatic N) is 4. The van der Waals surface area contributed by atoms with Gasteiger partial charge in [-0.15, -0.1) is 11.6 Å². The van der Waals surface area contributed by atoms with Crippen LogP contribution < -0.4 is 9.47 Å². The first-order chi connectivity index (χ1) is 21.8. The molecule has 6 rings (SSSR count). The highest BCUT2D eigenvalue weighted by Crippen LogP contribution is 2.25. The van der Waals surface area contributed by atoms with E-state index in [0.717, 1.165) is 51.2 Å². The number of aryl methyl sites for hydroxylation is 3. The first-order valence-corrected chi connectivity index (χ1v) is 14.7. The number of carbonyl (C=O) groups is 2. The standard InChI is InChI=1S/C17H16N2O3.C9H9ClN2.C9H10O2/c1-19-16-5-3-4-12(15(16)9-18-19)11-22-17-7-6-14(21-2)8-13(17)10-20;1-12-9-4-2-3-7(5-10)8(9)6-11-12;1-2-7-3-4-9(11)8(5-7)6-10/h3-10H,11H2,1-2H3;2-4,6H,5H2,1H3;3-6,11H,2H2,1H3. The second kappa shape index (κ2) is 15.5. The fourth-order valence-corrected chi connectivity index (χ4v) is 4.90. The molecule has 0 saturated heterocycles. The molecule has 0 spiro atoms. The molecule has 2 aromatic heterocycles.